The van der Waals surface area contributed by atoms with E-state index in [0.717, 1.165) is 22.4 Å². The first-order chi connectivity index (χ1) is 10.1. The summed E-state index contributed by atoms with van der Waals surface area (Å²) in [6.07, 6.45) is 2.48. The molecule has 0 saturated carbocycles. The zero-order valence-electron chi connectivity index (χ0n) is 11.3. The number of alkyl halides is 1. The number of hydrogen-bond acceptors (Lipinski definition) is 2. The van der Waals surface area contributed by atoms with Crippen molar-refractivity contribution in [2.75, 3.05) is 11.6 Å². The molecule has 1 N–H and O–H groups in total. The van der Waals surface area contributed by atoms with Crippen molar-refractivity contribution in [1.29, 1.82) is 0 Å². The van der Waals surface area contributed by atoms with E-state index in [0.29, 0.717) is 11.4 Å². The van der Waals surface area contributed by atoms with Crippen molar-refractivity contribution in [3.8, 4) is 0 Å². The first-order valence-electron chi connectivity index (χ1n) is 6.48. The minimum atomic E-state index is 0.0157. The normalized spacial score (nSPS) is 14.7. The molecule has 3 rings (SSSR count). The first kappa shape index (κ1) is 14.9. The van der Waals surface area contributed by atoms with Crippen LogP contribution in [-0.2, 0) is 11.2 Å². The fourth-order valence-corrected chi connectivity index (χ4v) is 3.91. The molecule has 0 aromatic heterocycles. The number of halogens is 2. The Kier molecular flexibility index (Phi) is 4.29. The number of fused-ring (bicyclic) bond motifs is 1. The van der Waals surface area contributed by atoms with Crippen molar-refractivity contribution in [3.63, 3.8) is 0 Å². The Morgan fingerprint density at radius 2 is 2.00 bits per heavy atom. The Hall–Kier alpha value is -0.970. The highest BCUT2D eigenvalue weighted by molar-refractivity contribution is 9.09. The number of rotatable bonds is 3. The lowest BCUT2D eigenvalue weighted by Gasteiger charge is -2.14. The molecule has 21 heavy (non-hydrogen) atoms. The van der Waals surface area contributed by atoms with E-state index in [1.165, 1.54) is 4.90 Å². The van der Waals surface area contributed by atoms with Crippen LogP contribution in [0.25, 0.3) is 0 Å². The number of amides is 1. The van der Waals surface area contributed by atoms with Gasteiger partial charge in [-0.25, -0.2) is 0 Å². The fourth-order valence-electron chi connectivity index (χ4n) is 2.41. The highest BCUT2D eigenvalue weighted by Crippen LogP contribution is 2.39. The summed E-state index contributed by atoms with van der Waals surface area (Å²) in [6.45, 7) is 0. The van der Waals surface area contributed by atoms with Crippen molar-refractivity contribution in [3.05, 3.63) is 58.1 Å². The second kappa shape index (κ2) is 6.03. The van der Waals surface area contributed by atoms with Gasteiger partial charge in [0.25, 0.3) is 0 Å². The standard InChI is InChI=1S/C16H13BrClNOS/c1-21-11-4-2-9(3-5-11)16(17)12-6-10-7-15(20)19-14(10)8-13(12)18/h2-6,8,16H,7H2,1H3,(H,19,20). The Bertz CT molecular complexity index is 702. The van der Waals surface area contributed by atoms with E-state index in [4.69, 9.17) is 11.6 Å². The number of carbonyl (C=O) groups excluding carboxylic acids is 1. The third-order valence-electron chi connectivity index (χ3n) is 3.53. The average Bonchev–Trinajstić information content (AvgIpc) is 2.85. The molecule has 1 unspecified atom stereocenters. The highest BCUT2D eigenvalue weighted by Gasteiger charge is 2.22. The van der Waals surface area contributed by atoms with E-state index in [-0.39, 0.29) is 10.7 Å². The maximum atomic E-state index is 11.5. The second-order valence-electron chi connectivity index (χ2n) is 4.89. The van der Waals surface area contributed by atoms with Crippen LogP contribution in [0.15, 0.2) is 41.3 Å². The van der Waals surface area contributed by atoms with Gasteiger partial charge in [-0.15, -0.1) is 11.8 Å². The van der Waals surface area contributed by atoms with Gasteiger partial charge >= 0.3 is 0 Å². The van der Waals surface area contributed by atoms with Gasteiger partial charge in [0, 0.05) is 15.6 Å². The molecule has 0 bridgehead atoms. The lowest BCUT2D eigenvalue weighted by Crippen LogP contribution is -2.03. The summed E-state index contributed by atoms with van der Waals surface area (Å²) in [6, 6.07) is 12.2. The Balaban J connectivity index is 1.96. The molecule has 1 heterocycles. The van der Waals surface area contributed by atoms with E-state index in [1.807, 2.05) is 12.1 Å². The average molecular weight is 383 g/mol. The van der Waals surface area contributed by atoms with Crippen LogP contribution in [0.5, 0.6) is 0 Å². The van der Waals surface area contributed by atoms with Gasteiger partial charge in [0.05, 0.1) is 11.2 Å². The molecule has 1 amide bonds. The first-order valence-corrected chi connectivity index (χ1v) is 9.00. The zero-order chi connectivity index (χ0) is 15.0. The summed E-state index contributed by atoms with van der Waals surface area (Å²) in [5.74, 6) is 0.0219. The van der Waals surface area contributed by atoms with Gasteiger partial charge in [0.15, 0.2) is 0 Å². The summed E-state index contributed by atoms with van der Waals surface area (Å²) >= 11 is 11.8. The summed E-state index contributed by atoms with van der Waals surface area (Å²) in [7, 11) is 0. The largest absolute Gasteiger partial charge is 0.325 e. The van der Waals surface area contributed by atoms with Gasteiger partial charge in [-0.1, -0.05) is 45.7 Å². The molecule has 5 heteroatoms. The van der Waals surface area contributed by atoms with Crippen LogP contribution in [0.1, 0.15) is 21.5 Å². The Morgan fingerprint density at radius 3 is 2.67 bits per heavy atom. The summed E-state index contributed by atoms with van der Waals surface area (Å²) in [5, 5.41) is 3.48. The molecule has 0 spiro atoms. The monoisotopic (exact) mass is 381 g/mol. The highest BCUT2D eigenvalue weighted by atomic mass is 79.9. The van der Waals surface area contributed by atoms with Gasteiger partial charge in [-0.3, -0.25) is 4.79 Å². The van der Waals surface area contributed by atoms with Gasteiger partial charge in [-0.05, 0) is 41.1 Å². The molecule has 0 aliphatic carbocycles. The molecule has 0 saturated heterocycles. The SMILES string of the molecule is CSc1ccc(C(Br)c2cc3c(cc2Cl)NC(=O)C3)cc1. The molecule has 2 nitrogen and oxygen atoms in total. The number of anilines is 1. The summed E-state index contributed by atoms with van der Waals surface area (Å²) < 4.78 is 0. The van der Waals surface area contributed by atoms with E-state index in [2.05, 4.69) is 51.8 Å². The van der Waals surface area contributed by atoms with Crippen LogP contribution in [0.4, 0.5) is 5.69 Å². The lowest BCUT2D eigenvalue weighted by molar-refractivity contribution is -0.115. The second-order valence-corrected chi connectivity index (χ2v) is 7.09. The molecule has 1 atom stereocenters. The predicted octanol–water partition coefficient (Wildman–Crippen LogP) is 5.04. The number of nitrogens with one attached hydrogen (secondary N) is 1. The van der Waals surface area contributed by atoms with Crippen molar-refractivity contribution in [2.45, 2.75) is 16.1 Å². The van der Waals surface area contributed by atoms with Crippen molar-refractivity contribution in [2.24, 2.45) is 0 Å². The van der Waals surface area contributed by atoms with Crippen LogP contribution < -0.4 is 5.32 Å². The van der Waals surface area contributed by atoms with E-state index in [1.54, 1.807) is 11.8 Å². The Labute approximate surface area is 141 Å². The zero-order valence-corrected chi connectivity index (χ0v) is 14.5. The number of benzene rings is 2. The third kappa shape index (κ3) is 2.98. The van der Waals surface area contributed by atoms with E-state index >= 15 is 0 Å². The molecule has 1 aliphatic rings. The smallest absolute Gasteiger partial charge is 0.228 e. The van der Waals surface area contributed by atoms with E-state index in [9.17, 15) is 4.79 Å². The van der Waals surface area contributed by atoms with E-state index < -0.39 is 0 Å². The molecule has 0 radical (unpaired) electrons. The fraction of sp³-hybridized carbons (Fsp3) is 0.188. The quantitative estimate of drug-likeness (QED) is 0.595. The van der Waals surface area contributed by atoms with Gasteiger partial charge in [0.1, 0.15) is 0 Å². The summed E-state index contributed by atoms with van der Waals surface area (Å²) in [4.78, 5) is 12.7. The van der Waals surface area contributed by atoms with Crippen LogP contribution >= 0.6 is 39.3 Å². The van der Waals surface area contributed by atoms with Crippen LogP contribution in [-0.4, -0.2) is 12.2 Å². The third-order valence-corrected chi connectivity index (χ3v) is 5.62. The van der Waals surface area contributed by atoms with Crippen molar-refractivity contribution in [1.82, 2.24) is 0 Å². The number of carbonyl (C=O) groups is 1. The molecule has 108 valence electrons. The topological polar surface area (TPSA) is 29.1 Å². The lowest BCUT2D eigenvalue weighted by atomic mass is 10.0. The maximum Gasteiger partial charge on any atom is 0.228 e. The van der Waals surface area contributed by atoms with Gasteiger partial charge < -0.3 is 5.32 Å². The minimum absolute atomic E-state index is 0.0157. The van der Waals surface area contributed by atoms with Crippen molar-refractivity contribution >= 4 is 50.9 Å². The van der Waals surface area contributed by atoms with Crippen LogP contribution in [0.3, 0.4) is 0 Å². The van der Waals surface area contributed by atoms with Crippen LogP contribution in [0, 0.1) is 0 Å². The van der Waals surface area contributed by atoms with Crippen molar-refractivity contribution < 1.29 is 4.79 Å². The van der Waals surface area contributed by atoms with Crippen LogP contribution in [0.2, 0.25) is 5.02 Å². The number of thioether (sulfide) groups is 1. The summed E-state index contributed by atoms with van der Waals surface area (Å²) in [5.41, 5.74) is 3.96. The molecule has 0 fully saturated rings. The predicted molar refractivity (Wildman–Crippen MR) is 92.8 cm³/mol. The maximum absolute atomic E-state index is 11.5. The van der Waals surface area contributed by atoms with Gasteiger partial charge in [-0.2, -0.15) is 0 Å². The van der Waals surface area contributed by atoms with Gasteiger partial charge in [0.2, 0.25) is 5.91 Å². The molecular formula is C16H13BrClNOS. The molecule has 2 aromatic carbocycles. The molecular weight excluding hydrogens is 370 g/mol. The molecule has 2 aromatic rings. The number of hydrogen-bond donors (Lipinski definition) is 1. The molecule has 1 aliphatic heterocycles. The Morgan fingerprint density at radius 1 is 1.29 bits per heavy atom. The minimum Gasteiger partial charge on any atom is -0.325 e.